The molecule has 1 saturated heterocycles. The predicted molar refractivity (Wildman–Crippen MR) is 121 cm³/mol. The lowest BCUT2D eigenvalue weighted by molar-refractivity contribution is -0.157. The fourth-order valence-corrected chi connectivity index (χ4v) is 4.63. The third kappa shape index (κ3) is 4.57. The molecule has 2 aromatic carbocycles. The van der Waals surface area contributed by atoms with E-state index >= 15 is 0 Å². The maximum absolute atomic E-state index is 12.6. The first-order chi connectivity index (χ1) is 15.8. The fraction of sp³-hybridized carbons (Fsp3) is 0.400. The van der Waals surface area contributed by atoms with E-state index in [1.165, 1.54) is 4.90 Å². The SMILES string of the molecule is CCC(CC(=O)N1CCC(O)(C(=O)O)C1)NC(=O)OCC1c2ccccc2-c2ccccc21. The van der Waals surface area contributed by atoms with Gasteiger partial charge in [-0.15, -0.1) is 0 Å². The van der Waals surface area contributed by atoms with Gasteiger partial charge in [0, 0.05) is 31.3 Å². The van der Waals surface area contributed by atoms with Gasteiger partial charge in [-0.05, 0) is 28.7 Å². The molecule has 1 aliphatic carbocycles. The standard InChI is InChI=1S/C25H28N2O6/c1-2-16(13-22(28)27-12-11-25(32,15-27)23(29)30)26-24(31)33-14-21-19-9-5-3-7-17(19)18-8-4-6-10-20(18)21/h3-10,16,21,32H,2,11-15H2,1H3,(H,26,31)(H,29,30). The van der Waals surface area contributed by atoms with Crippen LogP contribution in [0.4, 0.5) is 4.79 Å². The molecule has 1 heterocycles. The van der Waals surface area contributed by atoms with Gasteiger partial charge in [-0.25, -0.2) is 9.59 Å². The van der Waals surface area contributed by atoms with E-state index in [4.69, 9.17) is 9.84 Å². The molecule has 8 heteroatoms. The number of β-amino-alcohol motifs (C(OH)–C–C–N with tert-alkyl or cyclic N) is 1. The summed E-state index contributed by atoms with van der Waals surface area (Å²) in [6, 6.07) is 15.7. The molecule has 1 fully saturated rings. The Morgan fingerprint density at radius 2 is 1.73 bits per heavy atom. The molecule has 0 aromatic heterocycles. The van der Waals surface area contributed by atoms with Gasteiger partial charge in [0.15, 0.2) is 5.60 Å². The second kappa shape index (κ2) is 9.23. The number of benzene rings is 2. The highest BCUT2D eigenvalue weighted by Crippen LogP contribution is 2.44. The van der Waals surface area contributed by atoms with Gasteiger partial charge in [0.2, 0.25) is 5.91 Å². The van der Waals surface area contributed by atoms with Crippen molar-refractivity contribution in [2.45, 2.75) is 43.7 Å². The molecule has 0 radical (unpaired) electrons. The Morgan fingerprint density at radius 3 is 2.27 bits per heavy atom. The molecule has 33 heavy (non-hydrogen) atoms. The fourth-order valence-electron chi connectivity index (χ4n) is 4.63. The number of fused-ring (bicyclic) bond motifs is 3. The number of aliphatic hydroxyl groups is 1. The van der Waals surface area contributed by atoms with Crippen molar-refractivity contribution < 1.29 is 29.3 Å². The summed E-state index contributed by atoms with van der Waals surface area (Å²) in [6.45, 7) is 1.95. The van der Waals surface area contributed by atoms with E-state index < -0.39 is 23.7 Å². The van der Waals surface area contributed by atoms with Gasteiger partial charge >= 0.3 is 12.1 Å². The molecule has 3 N–H and O–H groups in total. The topological polar surface area (TPSA) is 116 Å². The minimum Gasteiger partial charge on any atom is -0.479 e. The summed E-state index contributed by atoms with van der Waals surface area (Å²) in [7, 11) is 0. The summed E-state index contributed by atoms with van der Waals surface area (Å²) in [5.41, 5.74) is 2.62. The van der Waals surface area contributed by atoms with Crippen LogP contribution in [0.1, 0.15) is 43.2 Å². The Morgan fingerprint density at radius 1 is 1.12 bits per heavy atom. The predicted octanol–water partition coefficient (Wildman–Crippen LogP) is 2.74. The monoisotopic (exact) mass is 452 g/mol. The van der Waals surface area contributed by atoms with Crippen LogP contribution in [0.25, 0.3) is 11.1 Å². The van der Waals surface area contributed by atoms with Crippen LogP contribution in [0, 0.1) is 0 Å². The summed E-state index contributed by atoms with van der Waals surface area (Å²) in [5.74, 6) is -1.69. The third-order valence-electron chi connectivity index (χ3n) is 6.58. The molecule has 1 aliphatic heterocycles. The van der Waals surface area contributed by atoms with Crippen molar-refractivity contribution in [2.24, 2.45) is 0 Å². The Balaban J connectivity index is 1.33. The van der Waals surface area contributed by atoms with Gasteiger partial charge in [-0.3, -0.25) is 4.79 Å². The van der Waals surface area contributed by atoms with Crippen molar-refractivity contribution in [3.05, 3.63) is 59.7 Å². The number of carbonyl (C=O) groups excluding carboxylic acids is 2. The Bertz CT molecular complexity index is 1020. The number of rotatable bonds is 7. The lowest BCUT2D eigenvalue weighted by Crippen LogP contribution is -2.44. The average Bonchev–Trinajstić information content (AvgIpc) is 3.37. The number of nitrogens with one attached hydrogen (secondary N) is 1. The number of aliphatic carboxylic acids is 1. The molecule has 0 bridgehead atoms. The second-order valence-electron chi connectivity index (χ2n) is 8.68. The molecule has 2 aromatic rings. The summed E-state index contributed by atoms with van der Waals surface area (Å²) in [4.78, 5) is 37.6. The number of carbonyl (C=O) groups is 3. The van der Waals surface area contributed by atoms with Crippen LogP contribution in [0.3, 0.4) is 0 Å². The minimum absolute atomic E-state index is 0.00925. The molecule has 4 rings (SSSR count). The number of hydrogen-bond donors (Lipinski definition) is 3. The number of carboxylic acid groups (broad SMARTS) is 1. The van der Waals surface area contributed by atoms with Crippen molar-refractivity contribution in [1.29, 1.82) is 0 Å². The molecule has 0 saturated carbocycles. The van der Waals surface area contributed by atoms with E-state index in [1.807, 2.05) is 43.3 Å². The van der Waals surface area contributed by atoms with E-state index in [0.717, 1.165) is 22.3 Å². The van der Waals surface area contributed by atoms with Crippen LogP contribution in [-0.4, -0.2) is 64.4 Å². The van der Waals surface area contributed by atoms with Crippen molar-refractivity contribution >= 4 is 18.0 Å². The number of hydrogen-bond acceptors (Lipinski definition) is 5. The summed E-state index contributed by atoms with van der Waals surface area (Å²) >= 11 is 0. The van der Waals surface area contributed by atoms with Gasteiger partial charge in [0.25, 0.3) is 0 Å². The summed E-state index contributed by atoms with van der Waals surface area (Å²) in [6.07, 6.45) is -0.0893. The van der Waals surface area contributed by atoms with Crippen LogP contribution in [0.15, 0.2) is 48.5 Å². The van der Waals surface area contributed by atoms with Crippen LogP contribution in [-0.2, 0) is 14.3 Å². The first kappa shape index (κ1) is 22.8. The normalized spacial score (nSPS) is 20.1. The van der Waals surface area contributed by atoms with Gasteiger partial charge < -0.3 is 25.2 Å². The molecule has 2 aliphatic rings. The lowest BCUT2D eigenvalue weighted by Gasteiger charge is -2.23. The van der Waals surface area contributed by atoms with E-state index in [1.54, 1.807) is 0 Å². The average molecular weight is 453 g/mol. The molecule has 0 spiro atoms. The van der Waals surface area contributed by atoms with Crippen LogP contribution in [0.5, 0.6) is 0 Å². The molecule has 2 unspecified atom stereocenters. The summed E-state index contributed by atoms with van der Waals surface area (Å²) < 4.78 is 5.55. The Hall–Kier alpha value is -3.39. The van der Waals surface area contributed by atoms with E-state index in [2.05, 4.69) is 17.4 Å². The highest BCUT2D eigenvalue weighted by molar-refractivity contribution is 5.83. The smallest absolute Gasteiger partial charge is 0.407 e. The Labute approximate surface area is 192 Å². The zero-order chi connectivity index (χ0) is 23.6. The van der Waals surface area contributed by atoms with Gasteiger partial charge in [-0.2, -0.15) is 0 Å². The third-order valence-corrected chi connectivity index (χ3v) is 6.58. The van der Waals surface area contributed by atoms with Crippen molar-refractivity contribution in [3.8, 4) is 11.1 Å². The Kier molecular flexibility index (Phi) is 6.37. The first-order valence-electron chi connectivity index (χ1n) is 11.2. The van der Waals surface area contributed by atoms with Crippen LogP contribution >= 0.6 is 0 Å². The molecule has 2 atom stereocenters. The zero-order valence-corrected chi connectivity index (χ0v) is 18.5. The number of amides is 2. The van der Waals surface area contributed by atoms with Gasteiger partial charge in [0.05, 0.1) is 6.54 Å². The van der Waals surface area contributed by atoms with Gasteiger partial charge in [0.1, 0.15) is 6.61 Å². The first-order valence-corrected chi connectivity index (χ1v) is 11.2. The molecule has 174 valence electrons. The van der Waals surface area contributed by atoms with E-state index in [0.29, 0.717) is 6.42 Å². The van der Waals surface area contributed by atoms with Gasteiger partial charge in [-0.1, -0.05) is 55.5 Å². The maximum Gasteiger partial charge on any atom is 0.407 e. The highest BCUT2D eigenvalue weighted by atomic mass is 16.5. The highest BCUT2D eigenvalue weighted by Gasteiger charge is 2.44. The molecular weight excluding hydrogens is 424 g/mol. The molecule has 8 nitrogen and oxygen atoms in total. The number of nitrogens with zero attached hydrogens (tertiary/aromatic N) is 1. The number of ether oxygens (including phenoxy) is 1. The maximum atomic E-state index is 12.6. The van der Waals surface area contributed by atoms with Crippen molar-refractivity contribution in [2.75, 3.05) is 19.7 Å². The number of alkyl carbamates (subject to hydrolysis) is 1. The minimum atomic E-state index is -1.91. The largest absolute Gasteiger partial charge is 0.479 e. The lowest BCUT2D eigenvalue weighted by atomic mass is 9.98. The quantitative estimate of drug-likeness (QED) is 0.595. The van der Waals surface area contributed by atoms with Crippen LogP contribution in [0.2, 0.25) is 0 Å². The zero-order valence-electron chi connectivity index (χ0n) is 18.5. The van der Waals surface area contributed by atoms with E-state index in [-0.39, 0.29) is 44.4 Å². The van der Waals surface area contributed by atoms with Crippen molar-refractivity contribution in [3.63, 3.8) is 0 Å². The van der Waals surface area contributed by atoms with Crippen molar-refractivity contribution in [1.82, 2.24) is 10.2 Å². The van der Waals surface area contributed by atoms with Crippen LogP contribution < -0.4 is 5.32 Å². The van der Waals surface area contributed by atoms with E-state index in [9.17, 15) is 19.5 Å². The number of carboxylic acids is 1. The summed E-state index contributed by atoms with van der Waals surface area (Å²) in [5, 5.41) is 21.9. The molecular formula is C25H28N2O6. The number of likely N-dealkylation sites (tertiary alicyclic amines) is 1. The second-order valence-corrected chi connectivity index (χ2v) is 8.68. The molecule has 2 amide bonds.